The highest BCUT2D eigenvalue weighted by molar-refractivity contribution is 6.07. The predicted molar refractivity (Wildman–Crippen MR) is 164 cm³/mol. The third-order valence-electron chi connectivity index (χ3n) is 8.67. The second-order valence-electron chi connectivity index (χ2n) is 11.9. The molecule has 2 heterocycles. The van der Waals surface area contributed by atoms with E-state index in [1.54, 1.807) is 6.07 Å². The molecule has 2 aliphatic rings. The molecule has 0 unspecified atom stereocenters. The maximum atomic E-state index is 15.5. The van der Waals surface area contributed by atoms with Crippen LogP contribution in [0.2, 0.25) is 0 Å². The van der Waals surface area contributed by atoms with Gasteiger partial charge in [0.1, 0.15) is 11.6 Å². The molecule has 1 atom stereocenters. The lowest BCUT2D eigenvalue weighted by Crippen LogP contribution is -2.48. The van der Waals surface area contributed by atoms with Crippen molar-refractivity contribution in [3.05, 3.63) is 93.5 Å². The molecule has 1 aromatic heterocycles. The minimum absolute atomic E-state index is 0.00941. The first-order chi connectivity index (χ1) is 21.3. The van der Waals surface area contributed by atoms with Crippen molar-refractivity contribution >= 4 is 17.3 Å². The Kier molecular flexibility index (Phi) is 9.33. The lowest BCUT2D eigenvalue weighted by Gasteiger charge is -2.42. The monoisotopic (exact) mass is 629 g/mol. The second kappa shape index (κ2) is 13.0. The molecule has 1 aliphatic carbocycles. The molecule has 240 valence electrons. The van der Waals surface area contributed by atoms with Crippen molar-refractivity contribution < 1.29 is 26.7 Å². The van der Waals surface area contributed by atoms with E-state index < -0.39 is 40.4 Å². The highest BCUT2D eigenvalue weighted by Crippen LogP contribution is 2.37. The molecular weight excluding hydrogens is 593 g/mol. The van der Waals surface area contributed by atoms with Crippen LogP contribution >= 0.6 is 0 Å². The average molecular weight is 630 g/mol. The number of likely N-dealkylation sites (N-methyl/N-ethyl adjacent to an activating group) is 1. The van der Waals surface area contributed by atoms with E-state index in [4.69, 9.17) is 0 Å². The number of H-pyrrole nitrogens is 1. The molecule has 1 saturated carbocycles. The number of anilines is 2. The van der Waals surface area contributed by atoms with Crippen LogP contribution in [-0.2, 0) is 12.7 Å². The van der Waals surface area contributed by atoms with Gasteiger partial charge in [-0.3, -0.25) is 9.59 Å². The number of pyridine rings is 1. The number of alkyl halides is 3. The Morgan fingerprint density at radius 2 is 1.76 bits per heavy atom. The number of hydrogen-bond acceptors (Lipinski definition) is 5. The number of benzene rings is 2. The first kappa shape index (κ1) is 32.2. The topological polar surface area (TPSA) is 80.5 Å². The molecule has 1 amide bonds. The maximum absolute atomic E-state index is 15.5. The van der Waals surface area contributed by atoms with Crippen molar-refractivity contribution in [2.24, 2.45) is 0 Å². The lowest BCUT2D eigenvalue weighted by atomic mass is 9.95. The molecule has 0 bridgehead atoms. The largest absolute Gasteiger partial charge is 0.417 e. The Bertz CT molecular complexity index is 1620. The molecule has 2 aromatic carbocycles. The Labute approximate surface area is 258 Å². The Balaban J connectivity index is 1.51. The van der Waals surface area contributed by atoms with Crippen LogP contribution in [0, 0.1) is 11.6 Å². The van der Waals surface area contributed by atoms with E-state index in [1.165, 1.54) is 30.7 Å². The Hall–Kier alpha value is -4.19. The fraction of sp³-hybridized carbons (Fsp3) is 0.394. The predicted octanol–water partition coefficient (Wildman–Crippen LogP) is 6.67. The summed E-state index contributed by atoms with van der Waals surface area (Å²) >= 11 is 0. The normalized spacial score (nSPS) is 17.9. The third-order valence-corrected chi connectivity index (χ3v) is 8.67. The van der Waals surface area contributed by atoms with Crippen LogP contribution in [0.5, 0.6) is 0 Å². The molecule has 1 saturated heterocycles. The zero-order valence-corrected chi connectivity index (χ0v) is 25.2. The molecule has 5 rings (SSSR count). The first-order valence-electron chi connectivity index (χ1n) is 14.9. The summed E-state index contributed by atoms with van der Waals surface area (Å²) in [6.45, 7) is 7.19. The number of nitrogens with one attached hydrogen (secondary N) is 3. The summed E-state index contributed by atoms with van der Waals surface area (Å²) in [6, 6.07) is 7.59. The van der Waals surface area contributed by atoms with Crippen molar-refractivity contribution in [2.45, 2.75) is 63.8 Å². The summed E-state index contributed by atoms with van der Waals surface area (Å²) in [7, 11) is 1.89. The number of amides is 1. The molecule has 45 heavy (non-hydrogen) atoms. The van der Waals surface area contributed by atoms with E-state index >= 15 is 8.78 Å². The SMILES string of the molecule is C=C1CN(c2ccc(-c3c(F)cc(CNC4CCCCC4)cc3F)cc2NC(=O)c2c[nH]c(=O)cc2C(F)(F)F)C[C@H](C)N1C. The van der Waals surface area contributed by atoms with Gasteiger partial charge in [0.15, 0.2) is 0 Å². The average Bonchev–Trinajstić information content (AvgIpc) is 2.98. The highest BCUT2D eigenvalue weighted by atomic mass is 19.4. The van der Waals surface area contributed by atoms with Gasteiger partial charge in [-0.2, -0.15) is 13.2 Å². The summed E-state index contributed by atoms with van der Waals surface area (Å²) in [4.78, 5) is 30.9. The number of carbonyl (C=O) groups excluding carboxylic acids is 1. The van der Waals surface area contributed by atoms with E-state index in [2.05, 4.69) is 22.2 Å². The number of nitrogens with zero attached hydrogens (tertiary/aromatic N) is 2. The zero-order valence-electron chi connectivity index (χ0n) is 25.2. The fourth-order valence-corrected chi connectivity index (χ4v) is 6.06. The van der Waals surface area contributed by atoms with Gasteiger partial charge in [0.05, 0.1) is 34.6 Å². The number of piperazine rings is 1. The van der Waals surface area contributed by atoms with Crippen LogP contribution in [0.4, 0.5) is 33.3 Å². The molecule has 3 aromatic rings. The van der Waals surface area contributed by atoms with E-state index in [-0.39, 0.29) is 22.9 Å². The minimum atomic E-state index is -4.98. The summed E-state index contributed by atoms with van der Waals surface area (Å²) < 4.78 is 72.2. The molecule has 12 heteroatoms. The third kappa shape index (κ3) is 7.22. The van der Waals surface area contributed by atoms with E-state index in [0.29, 0.717) is 49.2 Å². The first-order valence-corrected chi connectivity index (χ1v) is 14.9. The van der Waals surface area contributed by atoms with Crippen LogP contribution in [0.3, 0.4) is 0 Å². The summed E-state index contributed by atoms with van der Waals surface area (Å²) in [6.07, 6.45) is 1.19. The molecule has 1 aliphatic heterocycles. The summed E-state index contributed by atoms with van der Waals surface area (Å²) in [5, 5.41) is 5.88. The van der Waals surface area contributed by atoms with Gasteiger partial charge in [-0.05, 0) is 55.2 Å². The van der Waals surface area contributed by atoms with Gasteiger partial charge in [0.25, 0.3) is 5.91 Å². The van der Waals surface area contributed by atoms with Gasteiger partial charge in [-0.15, -0.1) is 0 Å². The van der Waals surface area contributed by atoms with E-state index in [9.17, 15) is 22.8 Å². The lowest BCUT2D eigenvalue weighted by molar-refractivity contribution is -0.138. The van der Waals surface area contributed by atoms with Crippen molar-refractivity contribution in [3.63, 3.8) is 0 Å². The van der Waals surface area contributed by atoms with Gasteiger partial charge < -0.3 is 25.4 Å². The molecule has 7 nitrogen and oxygen atoms in total. The van der Waals surface area contributed by atoms with Crippen LogP contribution in [-0.4, -0.2) is 48.0 Å². The smallest absolute Gasteiger partial charge is 0.372 e. The quantitative estimate of drug-likeness (QED) is 0.255. The number of hydrogen-bond donors (Lipinski definition) is 3. The van der Waals surface area contributed by atoms with E-state index in [0.717, 1.165) is 31.4 Å². The Morgan fingerprint density at radius 1 is 1.07 bits per heavy atom. The Morgan fingerprint density at radius 3 is 2.40 bits per heavy atom. The van der Waals surface area contributed by atoms with Gasteiger partial charge in [0, 0.05) is 50.2 Å². The maximum Gasteiger partial charge on any atom is 0.417 e. The van der Waals surface area contributed by atoms with Gasteiger partial charge in [0.2, 0.25) is 5.56 Å². The number of rotatable bonds is 7. The van der Waals surface area contributed by atoms with Crippen molar-refractivity contribution in [2.75, 3.05) is 30.4 Å². The minimum Gasteiger partial charge on any atom is -0.372 e. The molecule has 2 fully saturated rings. The van der Waals surface area contributed by atoms with Gasteiger partial charge in [-0.1, -0.05) is 31.9 Å². The second-order valence-corrected chi connectivity index (χ2v) is 11.9. The summed E-state index contributed by atoms with van der Waals surface area (Å²) in [5.74, 6) is -2.76. The standard InChI is InChI=1S/C33H36F5N5O2/c1-19-17-43(18-20(2)42(19)3)29-10-9-22(13-28(29)41-32(45)24-16-40-30(44)14-25(24)33(36,37)38)31-26(34)11-21(12-27(31)35)15-39-23-7-5-4-6-8-23/h9-14,16,20,23,39H,1,4-8,15,17-18H2,2-3H3,(H,40,44)(H,41,45)/t20-/m0/s1. The molecule has 0 spiro atoms. The van der Waals surface area contributed by atoms with Crippen LogP contribution in [0.15, 0.2) is 59.7 Å². The van der Waals surface area contributed by atoms with Gasteiger partial charge in [-0.25, -0.2) is 8.78 Å². The molecule has 0 radical (unpaired) electrons. The van der Waals surface area contributed by atoms with Crippen LogP contribution < -0.4 is 21.1 Å². The fourth-order valence-electron chi connectivity index (χ4n) is 6.06. The molecular formula is C33H36F5N5O2. The van der Waals surface area contributed by atoms with Crippen LogP contribution in [0.25, 0.3) is 11.1 Å². The number of carbonyl (C=O) groups is 1. The number of halogens is 5. The molecule has 3 N–H and O–H groups in total. The van der Waals surface area contributed by atoms with Crippen LogP contribution in [0.1, 0.15) is 60.5 Å². The van der Waals surface area contributed by atoms with Crippen molar-refractivity contribution in [1.29, 1.82) is 0 Å². The van der Waals surface area contributed by atoms with Crippen molar-refractivity contribution in [3.8, 4) is 11.1 Å². The number of aromatic nitrogens is 1. The zero-order chi connectivity index (χ0) is 32.5. The summed E-state index contributed by atoms with van der Waals surface area (Å²) in [5.41, 5.74) is -1.77. The number of aromatic amines is 1. The highest BCUT2D eigenvalue weighted by Gasteiger charge is 2.36. The van der Waals surface area contributed by atoms with Crippen molar-refractivity contribution in [1.82, 2.24) is 15.2 Å². The van der Waals surface area contributed by atoms with E-state index in [1.807, 2.05) is 23.8 Å². The van der Waals surface area contributed by atoms with Gasteiger partial charge >= 0.3 is 6.18 Å².